The minimum atomic E-state index is -0.377. The fraction of sp³-hybridized carbons (Fsp3) is 0.333. The molecular weight excluding hydrogens is 202 g/mol. The van der Waals surface area contributed by atoms with Gasteiger partial charge in [-0.3, -0.25) is 9.36 Å². The Morgan fingerprint density at radius 1 is 1.38 bits per heavy atom. The summed E-state index contributed by atoms with van der Waals surface area (Å²) in [4.78, 5) is 16.6. The second-order valence-electron chi connectivity index (χ2n) is 4.47. The van der Waals surface area contributed by atoms with Crippen LogP contribution in [0.2, 0.25) is 0 Å². The SMILES string of the molecule is Cn1c(C2(N)CC2)nc2ccccc2c1=O. The lowest BCUT2D eigenvalue weighted by molar-refractivity contribution is 0.608. The van der Waals surface area contributed by atoms with Crippen molar-refractivity contribution in [2.24, 2.45) is 12.8 Å². The van der Waals surface area contributed by atoms with Crippen molar-refractivity contribution in [1.29, 1.82) is 0 Å². The Balaban J connectivity index is 2.40. The highest BCUT2D eigenvalue weighted by Gasteiger charge is 2.43. The number of hydrogen-bond acceptors (Lipinski definition) is 3. The highest BCUT2D eigenvalue weighted by Crippen LogP contribution is 2.41. The van der Waals surface area contributed by atoms with E-state index in [1.54, 1.807) is 17.7 Å². The molecule has 1 aromatic carbocycles. The average Bonchev–Trinajstić information content (AvgIpc) is 3.03. The summed E-state index contributed by atoms with van der Waals surface area (Å²) in [7, 11) is 1.74. The zero-order valence-electron chi connectivity index (χ0n) is 9.10. The lowest BCUT2D eigenvalue weighted by atomic mass is 10.2. The number of aromatic nitrogens is 2. The third kappa shape index (κ3) is 1.20. The van der Waals surface area contributed by atoms with Crippen LogP contribution in [0.15, 0.2) is 29.1 Å². The summed E-state index contributed by atoms with van der Waals surface area (Å²) in [5, 5.41) is 0.651. The van der Waals surface area contributed by atoms with Crippen molar-refractivity contribution in [1.82, 2.24) is 9.55 Å². The van der Waals surface area contributed by atoms with Gasteiger partial charge in [-0.15, -0.1) is 0 Å². The Labute approximate surface area is 92.7 Å². The number of fused-ring (bicyclic) bond motifs is 1. The van der Waals surface area contributed by atoms with Gasteiger partial charge in [-0.05, 0) is 25.0 Å². The summed E-state index contributed by atoms with van der Waals surface area (Å²) in [6, 6.07) is 7.38. The predicted molar refractivity (Wildman–Crippen MR) is 62.1 cm³/mol. The van der Waals surface area contributed by atoms with Crippen LogP contribution in [-0.2, 0) is 12.6 Å². The molecule has 0 atom stereocenters. The van der Waals surface area contributed by atoms with E-state index in [9.17, 15) is 4.79 Å². The number of nitrogens with two attached hydrogens (primary N) is 1. The van der Waals surface area contributed by atoms with Crippen LogP contribution in [0.1, 0.15) is 18.7 Å². The van der Waals surface area contributed by atoms with E-state index in [0.29, 0.717) is 11.2 Å². The van der Waals surface area contributed by atoms with Gasteiger partial charge in [-0.25, -0.2) is 4.98 Å². The molecule has 0 bridgehead atoms. The van der Waals surface area contributed by atoms with Crippen molar-refractivity contribution < 1.29 is 0 Å². The summed E-state index contributed by atoms with van der Waals surface area (Å²) < 4.78 is 1.58. The van der Waals surface area contributed by atoms with Crippen molar-refractivity contribution in [2.45, 2.75) is 18.4 Å². The van der Waals surface area contributed by atoms with Gasteiger partial charge < -0.3 is 5.73 Å². The summed E-state index contributed by atoms with van der Waals surface area (Å²) >= 11 is 0. The molecule has 2 N–H and O–H groups in total. The van der Waals surface area contributed by atoms with E-state index in [1.807, 2.05) is 18.2 Å². The van der Waals surface area contributed by atoms with E-state index >= 15 is 0 Å². The highest BCUT2D eigenvalue weighted by molar-refractivity contribution is 5.77. The Morgan fingerprint density at radius 3 is 2.75 bits per heavy atom. The summed E-state index contributed by atoms with van der Waals surface area (Å²) in [6.07, 6.45) is 1.82. The van der Waals surface area contributed by atoms with Crippen LogP contribution in [0.25, 0.3) is 10.9 Å². The van der Waals surface area contributed by atoms with E-state index in [-0.39, 0.29) is 11.1 Å². The fourth-order valence-corrected chi connectivity index (χ4v) is 2.02. The summed E-state index contributed by atoms with van der Waals surface area (Å²) in [5.74, 6) is 0.705. The Bertz CT molecular complexity index is 626. The van der Waals surface area contributed by atoms with Gasteiger partial charge in [0.1, 0.15) is 5.82 Å². The van der Waals surface area contributed by atoms with E-state index in [1.165, 1.54) is 0 Å². The van der Waals surface area contributed by atoms with E-state index in [2.05, 4.69) is 4.98 Å². The Morgan fingerprint density at radius 2 is 2.06 bits per heavy atom. The van der Waals surface area contributed by atoms with Crippen LogP contribution < -0.4 is 11.3 Å². The van der Waals surface area contributed by atoms with Crippen molar-refractivity contribution >= 4 is 10.9 Å². The molecule has 1 heterocycles. The number of para-hydroxylation sites is 1. The van der Waals surface area contributed by atoms with Crippen molar-refractivity contribution in [3.05, 3.63) is 40.4 Å². The first-order valence-electron chi connectivity index (χ1n) is 5.37. The van der Waals surface area contributed by atoms with Gasteiger partial charge in [-0.1, -0.05) is 12.1 Å². The number of hydrogen-bond donors (Lipinski definition) is 1. The molecule has 0 aliphatic heterocycles. The second kappa shape index (κ2) is 2.92. The van der Waals surface area contributed by atoms with Crippen LogP contribution in [0.5, 0.6) is 0 Å². The fourth-order valence-electron chi connectivity index (χ4n) is 2.02. The molecular formula is C12H13N3O. The second-order valence-corrected chi connectivity index (χ2v) is 4.47. The maximum Gasteiger partial charge on any atom is 0.261 e. The molecule has 0 radical (unpaired) electrons. The molecule has 0 spiro atoms. The molecule has 82 valence electrons. The maximum atomic E-state index is 12.1. The molecule has 0 unspecified atom stereocenters. The first kappa shape index (κ1) is 9.54. The van der Waals surface area contributed by atoms with Gasteiger partial charge in [-0.2, -0.15) is 0 Å². The van der Waals surface area contributed by atoms with Crippen molar-refractivity contribution in [3.8, 4) is 0 Å². The zero-order valence-corrected chi connectivity index (χ0v) is 9.10. The molecule has 1 saturated carbocycles. The van der Waals surface area contributed by atoms with Gasteiger partial charge in [0.25, 0.3) is 5.56 Å². The lowest BCUT2D eigenvalue weighted by Crippen LogP contribution is -2.32. The van der Waals surface area contributed by atoms with Gasteiger partial charge in [0.2, 0.25) is 0 Å². The van der Waals surface area contributed by atoms with E-state index < -0.39 is 0 Å². The summed E-state index contributed by atoms with van der Waals surface area (Å²) in [5.41, 5.74) is 6.45. The van der Waals surface area contributed by atoms with Crippen LogP contribution >= 0.6 is 0 Å². The van der Waals surface area contributed by atoms with E-state index in [0.717, 1.165) is 18.4 Å². The normalized spacial score (nSPS) is 17.6. The van der Waals surface area contributed by atoms with Crippen molar-refractivity contribution in [3.63, 3.8) is 0 Å². The molecule has 4 heteroatoms. The standard InChI is InChI=1S/C12H13N3O/c1-15-10(16)8-4-2-3-5-9(8)14-11(15)12(13)6-7-12/h2-5H,6-7,13H2,1H3. The van der Waals surface area contributed by atoms with E-state index in [4.69, 9.17) is 5.73 Å². The molecule has 1 aliphatic rings. The zero-order chi connectivity index (χ0) is 11.3. The van der Waals surface area contributed by atoms with Crippen LogP contribution in [0.3, 0.4) is 0 Å². The first-order valence-corrected chi connectivity index (χ1v) is 5.37. The molecule has 1 aliphatic carbocycles. The Hall–Kier alpha value is -1.68. The molecule has 1 aromatic heterocycles. The van der Waals surface area contributed by atoms with Gasteiger partial charge in [0, 0.05) is 7.05 Å². The summed E-state index contributed by atoms with van der Waals surface area (Å²) in [6.45, 7) is 0. The minimum absolute atomic E-state index is 0.0164. The third-order valence-corrected chi connectivity index (χ3v) is 3.22. The van der Waals surface area contributed by atoms with Crippen LogP contribution in [-0.4, -0.2) is 9.55 Å². The number of benzene rings is 1. The van der Waals surface area contributed by atoms with Crippen LogP contribution in [0, 0.1) is 0 Å². The average molecular weight is 215 g/mol. The predicted octanol–water partition coefficient (Wildman–Crippen LogP) is 0.881. The van der Waals surface area contributed by atoms with Crippen LogP contribution in [0.4, 0.5) is 0 Å². The van der Waals surface area contributed by atoms with Gasteiger partial charge >= 0.3 is 0 Å². The number of nitrogens with zero attached hydrogens (tertiary/aromatic N) is 2. The number of rotatable bonds is 1. The monoisotopic (exact) mass is 215 g/mol. The smallest absolute Gasteiger partial charge is 0.261 e. The molecule has 0 amide bonds. The largest absolute Gasteiger partial charge is 0.319 e. The molecule has 16 heavy (non-hydrogen) atoms. The molecule has 2 aromatic rings. The molecule has 0 saturated heterocycles. The first-order chi connectivity index (χ1) is 7.62. The maximum absolute atomic E-state index is 12.1. The molecule has 1 fully saturated rings. The Kier molecular flexibility index (Phi) is 1.74. The van der Waals surface area contributed by atoms with Gasteiger partial charge in [0.05, 0.1) is 16.4 Å². The highest BCUT2D eigenvalue weighted by atomic mass is 16.1. The minimum Gasteiger partial charge on any atom is -0.319 e. The van der Waals surface area contributed by atoms with Crippen molar-refractivity contribution in [2.75, 3.05) is 0 Å². The molecule has 4 nitrogen and oxygen atoms in total. The third-order valence-electron chi connectivity index (χ3n) is 3.22. The van der Waals surface area contributed by atoms with Gasteiger partial charge in [0.15, 0.2) is 0 Å². The lowest BCUT2D eigenvalue weighted by Gasteiger charge is -2.13. The molecule has 3 rings (SSSR count). The topological polar surface area (TPSA) is 60.9 Å². The quantitative estimate of drug-likeness (QED) is 0.768.